The van der Waals surface area contributed by atoms with Gasteiger partial charge in [0, 0.05) is 17.5 Å². The highest BCUT2D eigenvalue weighted by atomic mass is 79.9. The lowest BCUT2D eigenvalue weighted by Gasteiger charge is -2.15. The molecule has 0 radical (unpaired) electrons. The van der Waals surface area contributed by atoms with Crippen LogP contribution in [-0.2, 0) is 4.79 Å². The summed E-state index contributed by atoms with van der Waals surface area (Å²) in [6, 6.07) is 3.93. The van der Waals surface area contributed by atoms with Crippen molar-refractivity contribution in [2.45, 2.75) is 38.6 Å². The molecule has 6 heteroatoms. The summed E-state index contributed by atoms with van der Waals surface area (Å²) in [6.45, 7) is 3.48. The molecule has 0 saturated carbocycles. The Morgan fingerprint density at radius 2 is 2.38 bits per heavy atom. The number of benzene rings is 1. The molecule has 116 valence electrons. The van der Waals surface area contributed by atoms with Gasteiger partial charge in [0.1, 0.15) is 0 Å². The first-order valence-electron chi connectivity index (χ1n) is 7.25. The fourth-order valence-electron chi connectivity index (χ4n) is 2.47. The summed E-state index contributed by atoms with van der Waals surface area (Å²) in [5, 5.41) is 6.84. The van der Waals surface area contributed by atoms with E-state index in [1.165, 1.54) is 6.42 Å². The Hall–Kier alpha value is -0.780. The first kappa shape index (κ1) is 16.6. The van der Waals surface area contributed by atoms with E-state index in [2.05, 4.69) is 26.6 Å². The SMILES string of the molecule is CCOc1c(Br)cc(Cl)cc1NC(=O)CCC1CCCN1. The number of hydrogen-bond donors (Lipinski definition) is 2. The number of halogens is 2. The minimum atomic E-state index is -0.0150. The van der Waals surface area contributed by atoms with Gasteiger partial charge in [0.15, 0.2) is 5.75 Å². The number of anilines is 1. The molecule has 1 saturated heterocycles. The lowest BCUT2D eigenvalue weighted by atomic mass is 10.1. The molecule has 1 aromatic carbocycles. The van der Waals surface area contributed by atoms with Crippen LogP contribution in [0.3, 0.4) is 0 Å². The van der Waals surface area contributed by atoms with Crippen LogP contribution in [0.4, 0.5) is 5.69 Å². The monoisotopic (exact) mass is 374 g/mol. The lowest BCUT2D eigenvalue weighted by molar-refractivity contribution is -0.116. The average Bonchev–Trinajstić information content (AvgIpc) is 2.93. The zero-order valence-electron chi connectivity index (χ0n) is 12.0. The molecule has 21 heavy (non-hydrogen) atoms. The summed E-state index contributed by atoms with van der Waals surface area (Å²) in [5.74, 6) is 0.605. The Labute approximate surface area is 138 Å². The topological polar surface area (TPSA) is 50.4 Å². The van der Waals surface area contributed by atoms with E-state index in [4.69, 9.17) is 16.3 Å². The van der Waals surface area contributed by atoms with Gasteiger partial charge < -0.3 is 15.4 Å². The molecule has 1 atom stereocenters. The Morgan fingerprint density at radius 1 is 1.57 bits per heavy atom. The van der Waals surface area contributed by atoms with Crippen LogP contribution in [0.1, 0.15) is 32.6 Å². The number of rotatable bonds is 6. The first-order chi connectivity index (χ1) is 10.1. The van der Waals surface area contributed by atoms with Gasteiger partial charge in [0.2, 0.25) is 5.91 Å². The predicted octanol–water partition coefficient (Wildman–Crippen LogP) is 3.97. The van der Waals surface area contributed by atoms with E-state index in [9.17, 15) is 4.79 Å². The van der Waals surface area contributed by atoms with E-state index in [0.717, 1.165) is 23.9 Å². The normalized spacial score (nSPS) is 17.8. The maximum absolute atomic E-state index is 12.1. The van der Waals surface area contributed by atoms with Gasteiger partial charge in [0.05, 0.1) is 16.8 Å². The van der Waals surface area contributed by atoms with Crippen molar-refractivity contribution in [1.29, 1.82) is 0 Å². The van der Waals surface area contributed by atoms with Gasteiger partial charge in [-0.25, -0.2) is 0 Å². The molecule has 0 spiro atoms. The van der Waals surface area contributed by atoms with Gasteiger partial charge in [-0.1, -0.05) is 11.6 Å². The fraction of sp³-hybridized carbons (Fsp3) is 0.533. The molecule has 1 amide bonds. The van der Waals surface area contributed by atoms with Gasteiger partial charge in [-0.05, 0) is 60.8 Å². The van der Waals surface area contributed by atoms with Crippen molar-refractivity contribution in [3.8, 4) is 5.75 Å². The van der Waals surface area contributed by atoms with Crippen LogP contribution >= 0.6 is 27.5 Å². The molecule has 2 N–H and O–H groups in total. The maximum atomic E-state index is 12.1. The highest BCUT2D eigenvalue weighted by Gasteiger charge is 2.17. The second kappa shape index (κ2) is 8.01. The van der Waals surface area contributed by atoms with Crippen molar-refractivity contribution in [3.63, 3.8) is 0 Å². The number of hydrogen-bond acceptors (Lipinski definition) is 3. The molecule has 1 fully saturated rings. The van der Waals surface area contributed by atoms with Crippen LogP contribution in [0.5, 0.6) is 5.75 Å². The molecule has 0 aromatic heterocycles. The smallest absolute Gasteiger partial charge is 0.224 e. The van der Waals surface area contributed by atoms with E-state index >= 15 is 0 Å². The summed E-state index contributed by atoms with van der Waals surface area (Å²) >= 11 is 9.45. The van der Waals surface area contributed by atoms with Crippen molar-refractivity contribution in [2.24, 2.45) is 0 Å². The third-order valence-corrected chi connectivity index (χ3v) is 4.26. The molecule has 4 nitrogen and oxygen atoms in total. The van der Waals surface area contributed by atoms with Crippen LogP contribution in [0, 0.1) is 0 Å². The quantitative estimate of drug-likeness (QED) is 0.791. The molecule has 2 rings (SSSR count). The van der Waals surface area contributed by atoms with Crippen LogP contribution in [0.2, 0.25) is 5.02 Å². The number of nitrogens with one attached hydrogen (secondary N) is 2. The highest BCUT2D eigenvalue weighted by molar-refractivity contribution is 9.10. The summed E-state index contributed by atoms with van der Waals surface area (Å²) in [6.07, 6.45) is 3.70. The Bertz CT molecular complexity index is 505. The predicted molar refractivity (Wildman–Crippen MR) is 89.2 cm³/mol. The summed E-state index contributed by atoms with van der Waals surface area (Å²) in [4.78, 5) is 12.1. The number of amides is 1. The summed E-state index contributed by atoms with van der Waals surface area (Å²) in [7, 11) is 0. The van der Waals surface area contributed by atoms with Crippen LogP contribution < -0.4 is 15.4 Å². The second-order valence-corrected chi connectivity index (χ2v) is 6.37. The van der Waals surface area contributed by atoms with Crippen LogP contribution in [-0.4, -0.2) is 25.1 Å². The Morgan fingerprint density at radius 3 is 3.05 bits per heavy atom. The zero-order valence-corrected chi connectivity index (χ0v) is 14.4. The largest absolute Gasteiger partial charge is 0.491 e. The van der Waals surface area contributed by atoms with Crippen LogP contribution in [0.15, 0.2) is 16.6 Å². The van der Waals surface area contributed by atoms with Crippen molar-refractivity contribution in [3.05, 3.63) is 21.6 Å². The van der Waals surface area contributed by atoms with Gasteiger partial charge in [-0.2, -0.15) is 0 Å². The number of ether oxygens (including phenoxy) is 1. The van der Waals surface area contributed by atoms with Gasteiger partial charge in [-0.15, -0.1) is 0 Å². The molecular formula is C15H20BrClN2O2. The van der Waals surface area contributed by atoms with E-state index < -0.39 is 0 Å². The molecular weight excluding hydrogens is 356 g/mol. The maximum Gasteiger partial charge on any atom is 0.224 e. The molecule has 1 unspecified atom stereocenters. The van der Waals surface area contributed by atoms with Crippen molar-refractivity contribution in [2.75, 3.05) is 18.5 Å². The zero-order chi connectivity index (χ0) is 15.2. The molecule has 1 heterocycles. The fourth-order valence-corrected chi connectivity index (χ4v) is 3.39. The van der Waals surface area contributed by atoms with Crippen molar-refractivity contribution in [1.82, 2.24) is 5.32 Å². The highest BCUT2D eigenvalue weighted by Crippen LogP contribution is 2.36. The summed E-state index contributed by atoms with van der Waals surface area (Å²) < 4.78 is 6.31. The van der Waals surface area contributed by atoms with Crippen molar-refractivity contribution < 1.29 is 9.53 Å². The molecule has 1 aliphatic rings. The number of carbonyl (C=O) groups excluding carboxylic acids is 1. The van der Waals surface area contributed by atoms with E-state index in [0.29, 0.717) is 35.5 Å². The van der Waals surface area contributed by atoms with E-state index in [-0.39, 0.29) is 5.91 Å². The van der Waals surface area contributed by atoms with E-state index in [1.54, 1.807) is 12.1 Å². The lowest BCUT2D eigenvalue weighted by Crippen LogP contribution is -2.23. The third kappa shape index (κ3) is 4.87. The third-order valence-electron chi connectivity index (χ3n) is 3.45. The Kier molecular flexibility index (Phi) is 6.33. The minimum Gasteiger partial charge on any atom is -0.491 e. The first-order valence-corrected chi connectivity index (χ1v) is 8.42. The average molecular weight is 376 g/mol. The van der Waals surface area contributed by atoms with Gasteiger partial charge >= 0.3 is 0 Å². The van der Waals surface area contributed by atoms with Crippen molar-refractivity contribution >= 4 is 39.1 Å². The minimum absolute atomic E-state index is 0.0150. The molecule has 0 aliphatic carbocycles. The second-order valence-electron chi connectivity index (χ2n) is 5.08. The van der Waals surface area contributed by atoms with Crippen LogP contribution in [0.25, 0.3) is 0 Å². The van der Waals surface area contributed by atoms with E-state index in [1.807, 2.05) is 6.92 Å². The molecule has 1 aliphatic heterocycles. The van der Waals surface area contributed by atoms with Gasteiger partial charge in [-0.3, -0.25) is 4.79 Å². The summed E-state index contributed by atoms with van der Waals surface area (Å²) in [5.41, 5.74) is 0.612. The molecule has 1 aromatic rings. The number of carbonyl (C=O) groups is 1. The molecule has 0 bridgehead atoms. The standard InChI is InChI=1S/C15H20BrClN2O2/c1-2-21-15-12(16)8-10(17)9-13(15)19-14(20)6-5-11-4-3-7-18-11/h8-9,11,18H,2-7H2,1H3,(H,19,20). The Balaban J connectivity index is 1.98. The van der Waals surface area contributed by atoms with Gasteiger partial charge in [0.25, 0.3) is 0 Å².